The molecule has 2 unspecified atom stereocenters. The maximum atomic E-state index is 12.6. The molecule has 15 rings (SSSR count). The number of nitrogens with two attached hydrogens (primary N) is 2. The average molecular weight is 2090 g/mol. The van der Waals surface area contributed by atoms with Crippen molar-refractivity contribution in [2.24, 2.45) is 0 Å². The van der Waals surface area contributed by atoms with Gasteiger partial charge in [-0.1, -0.05) is 188 Å². The Morgan fingerprint density at radius 2 is 0.855 bits per heavy atom. The van der Waals surface area contributed by atoms with Gasteiger partial charge in [-0.3, -0.25) is 9.69 Å². The van der Waals surface area contributed by atoms with E-state index in [9.17, 15) is 29.1 Å². The van der Waals surface area contributed by atoms with Crippen LogP contribution in [-0.2, 0) is 18.9 Å². The smallest absolute Gasteiger partial charge is 0.465 e. The molecule has 0 aliphatic carbocycles. The molecule has 0 spiro atoms. The Labute approximate surface area is 825 Å². The van der Waals surface area contributed by atoms with Crippen LogP contribution in [0.5, 0.6) is 0 Å². The third-order valence-electron chi connectivity index (χ3n) is 18.7. The Balaban J connectivity index is 0.000000214. The van der Waals surface area contributed by atoms with Crippen LogP contribution >= 0.6 is 156 Å². The quantitative estimate of drug-likeness (QED) is 0.0202. The minimum Gasteiger partial charge on any atom is -0.465 e. The van der Waals surface area contributed by atoms with E-state index in [2.05, 4.69) is 65.5 Å². The van der Waals surface area contributed by atoms with Crippen molar-refractivity contribution >= 4 is 243 Å². The number of amides is 2. The van der Waals surface area contributed by atoms with Gasteiger partial charge in [0.2, 0.25) is 0 Å². The number of hydrogen-bond acceptors (Lipinski definition) is 23. The fourth-order valence-corrected chi connectivity index (χ4v) is 14.9. The zero-order valence-electron chi connectivity index (χ0n) is 71.5. The highest BCUT2D eigenvalue weighted by Gasteiger charge is 2.35. The van der Waals surface area contributed by atoms with Crippen LogP contribution in [0.3, 0.4) is 0 Å². The number of carbonyl (C=O) groups is 4. The number of halogens is 13. The van der Waals surface area contributed by atoms with Gasteiger partial charge in [-0.15, -0.1) is 12.4 Å². The highest BCUT2D eigenvalue weighted by atomic mass is 79.9. The maximum Gasteiger partial charge on any atom is 0.488 e. The van der Waals surface area contributed by atoms with Crippen LogP contribution in [0, 0.1) is 0 Å². The van der Waals surface area contributed by atoms with Crippen molar-refractivity contribution in [1.29, 1.82) is 0 Å². The van der Waals surface area contributed by atoms with Crippen molar-refractivity contribution in [2.75, 3.05) is 90.2 Å². The SMILES string of the molecule is CC(C)(C)OC(=O)N1CCN(c2ncnc3cc(Cl)c(-c4ccc(Cl)cc4)cc23)CC1CO.CC(C)(C)OC(=O)N1CCNCC1CO.CO.COC(=O)c1cc(-c2ccc(Cl)cc2)c(Cl)cc1N.COC(=O)c1cc(Br)c(Cl)cc1N.Cl.Clc1ccc(-c2cc3c(Cl)ncnc3cc2Cl)cc1.O=c1[nH]cnc2cc(Cl)c(-c3ccc(Cl)cc3)cc12.OB(O)c1ccc(Cl)cc1. The van der Waals surface area contributed by atoms with Crippen LogP contribution < -0.4 is 32.7 Å². The zero-order chi connectivity index (χ0) is 95.6. The number of methoxy groups -OCH3 is 2. The number of esters is 2. The molecule has 11 N–H and O–H groups in total. The number of aromatic nitrogens is 6. The van der Waals surface area contributed by atoms with Crippen molar-refractivity contribution in [3.05, 3.63) is 282 Å². The summed E-state index contributed by atoms with van der Waals surface area (Å²) in [5.41, 5.74) is 20.6. The first-order valence-electron chi connectivity index (χ1n) is 39.2. The molecule has 2 aliphatic heterocycles. The summed E-state index contributed by atoms with van der Waals surface area (Å²) in [6.07, 6.45) is 3.52. The van der Waals surface area contributed by atoms with Gasteiger partial charge in [0.05, 0.1) is 104 Å². The molecule has 2 saturated heterocycles. The third kappa shape index (κ3) is 31.4. The second-order valence-electron chi connectivity index (χ2n) is 30.0. The molecule has 692 valence electrons. The fourth-order valence-electron chi connectivity index (χ4n) is 12.5. The second-order valence-corrected chi connectivity index (χ2v) is 35.5. The van der Waals surface area contributed by atoms with Crippen LogP contribution in [0.2, 0.25) is 55.4 Å². The number of aliphatic hydroxyl groups excluding tert-OH is 3. The molecule has 0 radical (unpaired) electrons. The largest absolute Gasteiger partial charge is 0.488 e. The molecule has 131 heavy (non-hydrogen) atoms. The molecule has 0 saturated carbocycles. The van der Waals surface area contributed by atoms with Crippen molar-refractivity contribution in [1.82, 2.24) is 45.0 Å². The van der Waals surface area contributed by atoms with Crippen molar-refractivity contribution < 1.29 is 63.5 Å². The van der Waals surface area contributed by atoms with Crippen LogP contribution in [0.15, 0.2) is 210 Å². The summed E-state index contributed by atoms with van der Waals surface area (Å²) in [4.78, 5) is 87.8. The number of H-pyrrole nitrogens is 1. The van der Waals surface area contributed by atoms with Gasteiger partial charge in [0.25, 0.3) is 5.56 Å². The minimum atomic E-state index is -1.41. The van der Waals surface area contributed by atoms with Gasteiger partial charge in [0, 0.05) is 120 Å². The Morgan fingerprint density at radius 1 is 0.481 bits per heavy atom. The van der Waals surface area contributed by atoms with Gasteiger partial charge >= 0.3 is 31.2 Å². The highest BCUT2D eigenvalue weighted by molar-refractivity contribution is 9.10. The molecule has 2 fully saturated rings. The Hall–Kier alpha value is -9.32. The summed E-state index contributed by atoms with van der Waals surface area (Å²) < 4.78 is 20.6. The highest BCUT2D eigenvalue weighted by Crippen LogP contribution is 2.40. The molecule has 2 amide bonds. The molecule has 2 atom stereocenters. The van der Waals surface area contributed by atoms with Crippen molar-refractivity contribution in [2.45, 2.75) is 64.8 Å². The second kappa shape index (κ2) is 51.2. The van der Waals surface area contributed by atoms with Gasteiger partial charge < -0.3 is 75.9 Å². The number of aromatic amines is 1. The number of benzene rings is 10. The van der Waals surface area contributed by atoms with E-state index in [4.69, 9.17) is 169 Å². The van der Waals surface area contributed by atoms with Gasteiger partial charge in [-0.25, -0.2) is 44.1 Å². The first-order valence-corrected chi connectivity index (χ1v) is 44.1. The summed E-state index contributed by atoms with van der Waals surface area (Å²) in [5.74, 6) is -0.242. The molecular weight excluding hydrogens is 2000 g/mol. The lowest BCUT2D eigenvalue weighted by atomic mass is 9.81. The van der Waals surface area contributed by atoms with E-state index >= 15 is 0 Å². The average Bonchev–Trinajstić information content (AvgIpc) is 0.771. The molecule has 40 heteroatoms. The Morgan fingerprint density at radius 3 is 1.28 bits per heavy atom. The van der Waals surface area contributed by atoms with Gasteiger partial charge in [-0.2, -0.15) is 0 Å². The van der Waals surface area contributed by atoms with Crippen molar-refractivity contribution in [3.8, 4) is 44.5 Å². The van der Waals surface area contributed by atoms with Crippen LogP contribution in [0.25, 0.3) is 77.2 Å². The first kappa shape index (κ1) is 109. The lowest BCUT2D eigenvalue weighted by Crippen LogP contribution is -2.57. The first-order chi connectivity index (χ1) is 61.7. The zero-order valence-corrected chi connectivity index (χ0v) is 82.2. The van der Waals surface area contributed by atoms with E-state index in [1.54, 1.807) is 82.6 Å². The van der Waals surface area contributed by atoms with Gasteiger partial charge in [0.15, 0.2) is 0 Å². The monoisotopic (exact) mass is 2080 g/mol. The number of rotatable bonds is 10. The van der Waals surface area contributed by atoms with E-state index in [0.29, 0.717) is 126 Å². The Kier molecular flexibility index (Phi) is 42.5. The molecule has 3 aromatic heterocycles. The summed E-state index contributed by atoms with van der Waals surface area (Å²) in [6, 6.07) is 52.2. The van der Waals surface area contributed by atoms with Crippen LogP contribution in [-0.4, -0.2) is 193 Å². The molecule has 26 nitrogen and oxygen atoms in total. The lowest BCUT2D eigenvalue weighted by Gasteiger charge is -2.41. The number of carbonyl (C=O) groups excluding carboxylic acids is 4. The maximum absolute atomic E-state index is 12.6. The predicted molar refractivity (Wildman–Crippen MR) is 535 cm³/mol. The predicted octanol–water partition coefficient (Wildman–Crippen LogP) is 20.9. The van der Waals surface area contributed by atoms with Gasteiger partial charge in [0.1, 0.15) is 34.8 Å². The number of nitrogens with zero attached hydrogens (tertiary/aromatic N) is 8. The number of hydrogen-bond donors (Lipinski definition) is 9. The standard InChI is InChI=1S/C24H26Cl2N4O3.C14H7Cl3N2.C14H8Cl2N2O.C14H11Cl2NO2.C10H20N2O3.C8H7BrClNO2.C6H6BClO2.CH4O.ClH/c1-24(2,3)33-23(32)30-9-8-29(12-17(30)13-31)22-19-10-18(15-4-6-16(25)7-5-15)20(26)11-21(19)27-14-28-22;15-9-3-1-8(2-4-9)10-5-11-13(6-12(10)16)18-7-19-14(11)17;15-9-3-1-8(2-4-9)10-5-11-13(6-12(10)16)17-7-18-14(11)19;1-19-14(18)11-6-10(12(16)7-13(11)17)8-2-4-9(15)5-3-8;1-10(2,3)15-9(14)12-5-4-11-6-8(12)7-13;1-13-8(12)4-2-5(9)6(10)3-7(4)11;8-6-3-1-5(2-4-6)7(9)10;1-2;/h4-7,10-11,14,17,31H,8-9,12-13H2,1-3H3;1-7H;1-7H,(H,17,18,19);2-7H,17H2,1H3;8,11,13H,4-7H2,1-3H3;2-3H,11H2,1H3;1-4,9-10H;2H,1H3;1H. The van der Waals surface area contributed by atoms with Crippen LogP contribution in [0.4, 0.5) is 26.8 Å². The number of anilines is 3. The summed E-state index contributed by atoms with van der Waals surface area (Å²) in [6.45, 7) is 14.1. The number of fused-ring (bicyclic) bond motifs is 3. The number of ether oxygens (including phenoxy) is 4. The van der Waals surface area contributed by atoms with Crippen molar-refractivity contribution in [3.63, 3.8) is 0 Å². The van der Waals surface area contributed by atoms with E-state index < -0.39 is 42.4 Å². The summed E-state index contributed by atoms with van der Waals surface area (Å²) >= 11 is 69.5. The Bertz CT molecular complexity index is 6130. The molecular formula is C91H90BBrCl12N12O14. The topological polar surface area (TPSA) is 377 Å². The number of nitrogens with one attached hydrogen (secondary N) is 2. The normalized spacial score (nSPS) is 13.2. The van der Waals surface area contributed by atoms with E-state index in [1.807, 2.05) is 133 Å². The van der Waals surface area contributed by atoms with E-state index in [0.717, 1.165) is 80.2 Å². The fraction of sp³-hybridized carbons (Fsp3) is 0.231. The van der Waals surface area contributed by atoms with E-state index in [1.165, 1.54) is 51.4 Å². The number of nitrogen functional groups attached to an aromatic ring is 2. The van der Waals surface area contributed by atoms with E-state index in [-0.39, 0.29) is 54.6 Å². The number of aliphatic hydroxyl groups is 3. The van der Waals surface area contributed by atoms with Crippen LogP contribution in [0.1, 0.15) is 62.3 Å². The number of piperazine rings is 2. The third-order valence-corrected chi connectivity index (χ3v) is 22.8. The molecule has 0 bridgehead atoms. The molecule has 5 heterocycles. The molecule has 13 aromatic rings. The minimum absolute atomic E-state index is 0. The molecule has 2 aliphatic rings. The van der Waals surface area contributed by atoms with Gasteiger partial charge in [-0.05, 0) is 207 Å². The lowest BCUT2D eigenvalue weighted by molar-refractivity contribution is 0.00440. The molecule has 10 aromatic carbocycles. The summed E-state index contributed by atoms with van der Waals surface area (Å²) in [5, 5.41) is 54.9. The summed E-state index contributed by atoms with van der Waals surface area (Å²) in [7, 11) is 2.19.